The van der Waals surface area contributed by atoms with Gasteiger partial charge in [-0.1, -0.05) is 30.3 Å². The number of aliphatic hydroxyl groups excluding tert-OH is 1. The molecule has 4 nitrogen and oxygen atoms in total. The first-order valence-corrected chi connectivity index (χ1v) is 5.29. The van der Waals surface area contributed by atoms with Crippen molar-refractivity contribution in [1.29, 1.82) is 0 Å². The van der Waals surface area contributed by atoms with Crippen molar-refractivity contribution in [3.05, 3.63) is 42.1 Å². The summed E-state index contributed by atoms with van der Waals surface area (Å²) in [5.74, 6) is 0. The molecule has 4 heteroatoms. The summed E-state index contributed by atoms with van der Waals surface area (Å²) in [6.45, 7) is 0.459. The van der Waals surface area contributed by atoms with E-state index >= 15 is 0 Å². The van der Waals surface area contributed by atoms with Crippen LogP contribution in [0.25, 0.3) is 11.3 Å². The topological polar surface area (TPSA) is 74.9 Å². The summed E-state index contributed by atoms with van der Waals surface area (Å²) in [6.07, 6.45) is 1.64. The lowest BCUT2D eigenvalue weighted by atomic mass is 10.0. The van der Waals surface area contributed by atoms with Crippen molar-refractivity contribution in [3.63, 3.8) is 0 Å². The minimum Gasteiger partial charge on any atom is -0.388 e. The van der Waals surface area contributed by atoms with Crippen LogP contribution in [-0.4, -0.2) is 21.8 Å². The summed E-state index contributed by atoms with van der Waals surface area (Å²) < 4.78 is 0. The van der Waals surface area contributed by atoms with Crippen LogP contribution in [0.5, 0.6) is 0 Å². The molecule has 0 amide bonds. The molecule has 0 bridgehead atoms. The minimum absolute atomic E-state index is 0.459. The van der Waals surface area contributed by atoms with Gasteiger partial charge in [0.1, 0.15) is 0 Å². The summed E-state index contributed by atoms with van der Waals surface area (Å²) >= 11 is 0. The third-order valence-electron chi connectivity index (χ3n) is 2.53. The quantitative estimate of drug-likeness (QED) is 0.725. The average Bonchev–Trinajstić information content (AvgIpc) is 2.79. The van der Waals surface area contributed by atoms with Crippen molar-refractivity contribution in [2.75, 3.05) is 6.54 Å². The van der Waals surface area contributed by atoms with Crippen LogP contribution in [0.2, 0.25) is 0 Å². The zero-order valence-corrected chi connectivity index (χ0v) is 8.93. The lowest BCUT2D eigenvalue weighted by molar-refractivity contribution is 0.171. The molecular weight excluding hydrogens is 202 g/mol. The monoisotopic (exact) mass is 217 g/mol. The van der Waals surface area contributed by atoms with Gasteiger partial charge in [0.15, 0.2) is 0 Å². The van der Waals surface area contributed by atoms with E-state index in [0.29, 0.717) is 13.0 Å². The first-order valence-electron chi connectivity index (χ1n) is 5.29. The van der Waals surface area contributed by atoms with E-state index in [9.17, 15) is 5.11 Å². The standard InChI is InChI=1S/C12H15N3O/c13-7-6-11(16)10-8-14-15-12(10)9-4-2-1-3-5-9/h1-5,8,11,16H,6-7,13H2,(H,14,15)/t11-/m0/s1. The molecule has 2 aromatic rings. The molecule has 0 fully saturated rings. The Labute approximate surface area is 94.1 Å². The summed E-state index contributed by atoms with van der Waals surface area (Å²) in [7, 11) is 0. The smallest absolute Gasteiger partial charge is 0.0838 e. The van der Waals surface area contributed by atoms with Gasteiger partial charge in [0.05, 0.1) is 18.0 Å². The molecule has 1 aromatic heterocycles. The number of hydrogen-bond acceptors (Lipinski definition) is 3. The van der Waals surface area contributed by atoms with E-state index < -0.39 is 6.10 Å². The fourth-order valence-corrected chi connectivity index (χ4v) is 1.70. The summed E-state index contributed by atoms with van der Waals surface area (Å²) in [5.41, 5.74) is 8.12. The van der Waals surface area contributed by atoms with Crippen molar-refractivity contribution in [2.24, 2.45) is 5.73 Å². The lowest BCUT2D eigenvalue weighted by Crippen LogP contribution is -2.06. The molecule has 1 atom stereocenters. The van der Waals surface area contributed by atoms with E-state index in [1.807, 2.05) is 30.3 Å². The Hall–Kier alpha value is -1.65. The van der Waals surface area contributed by atoms with Crippen LogP contribution in [0, 0.1) is 0 Å². The maximum atomic E-state index is 9.91. The van der Waals surface area contributed by atoms with Crippen molar-refractivity contribution in [1.82, 2.24) is 10.2 Å². The number of aliphatic hydroxyl groups is 1. The number of rotatable bonds is 4. The first kappa shape index (κ1) is 10.9. The van der Waals surface area contributed by atoms with Crippen LogP contribution in [-0.2, 0) is 0 Å². The molecule has 1 aromatic carbocycles. The highest BCUT2D eigenvalue weighted by Gasteiger charge is 2.14. The van der Waals surface area contributed by atoms with Gasteiger partial charge in [-0.25, -0.2) is 0 Å². The van der Waals surface area contributed by atoms with E-state index in [-0.39, 0.29) is 0 Å². The predicted octanol–water partition coefficient (Wildman–Crippen LogP) is 1.46. The number of nitrogens with two attached hydrogens (primary N) is 1. The highest BCUT2D eigenvalue weighted by Crippen LogP contribution is 2.26. The van der Waals surface area contributed by atoms with Crippen molar-refractivity contribution < 1.29 is 5.11 Å². The van der Waals surface area contributed by atoms with E-state index in [1.54, 1.807) is 6.20 Å². The van der Waals surface area contributed by atoms with Crippen molar-refractivity contribution in [3.8, 4) is 11.3 Å². The second-order valence-corrected chi connectivity index (χ2v) is 3.66. The molecular formula is C12H15N3O. The number of H-pyrrole nitrogens is 1. The van der Waals surface area contributed by atoms with E-state index in [2.05, 4.69) is 10.2 Å². The zero-order valence-electron chi connectivity index (χ0n) is 8.93. The molecule has 0 aliphatic carbocycles. The highest BCUT2D eigenvalue weighted by molar-refractivity contribution is 5.62. The summed E-state index contributed by atoms with van der Waals surface area (Å²) in [6, 6.07) is 9.82. The molecule has 0 radical (unpaired) electrons. The predicted molar refractivity (Wildman–Crippen MR) is 62.7 cm³/mol. The van der Waals surface area contributed by atoms with Crippen LogP contribution < -0.4 is 5.73 Å². The molecule has 0 aliphatic rings. The average molecular weight is 217 g/mol. The third-order valence-corrected chi connectivity index (χ3v) is 2.53. The molecule has 0 spiro atoms. The molecule has 0 saturated carbocycles. The van der Waals surface area contributed by atoms with Crippen LogP contribution in [0.15, 0.2) is 36.5 Å². The number of nitrogens with zero attached hydrogens (tertiary/aromatic N) is 1. The van der Waals surface area contributed by atoms with E-state index in [1.165, 1.54) is 0 Å². The van der Waals surface area contributed by atoms with Gasteiger partial charge in [0.2, 0.25) is 0 Å². The van der Waals surface area contributed by atoms with Gasteiger partial charge in [0.25, 0.3) is 0 Å². The molecule has 16 heavy (non-hydrogen) atoms. The molecule has 4 N–H and O–H groups in total. The molecule has 84 valence electrons. The van der Waals surface area contributed by atoms with Crippen LogP contribution in [0.4, 0.5) is 0 Å². The van der Waals surface area contributed by atoms with Gasteiger partial charge in [-0.2, -0.15) is 5.10 Å². The second-order valence-electron chi connectivity index (χ2n) is 3.66. The van der Waals surface area contributed by atoms with Gasteiger partial charge in [-0.15, -0.1) is 0 Å². The number of benzene rings is 1. The normalized spacial score (nSPS) is 12.6. The van der Waals surface area contributed by atoms with E-state index in [4.69, 9.17) is 5.73 Å². The largest absolute Gasteiger partial charge is 0.388 e. The number of aromatic amines is 1. The van der Waals surface area contributed by atoms with Crippen molar-refractivity contribution in [2.45, 2.75) is 12.5 Å². The molecule has 1 heterocycles. The van der Waals surface area contributed by atoms with Crippen LogP contribution in [0.1, 0.15) is 18.1 Å². The number of nitrogens with one attached hydrogen (secondary N) is 1. The third kappa shape index (κ3) is 2.13. The maximum absolute atomic E-state index is 9.91. The number of aromatic nitrogens is 2. The highest BCUT2D eigenvalue weighted by atomic mass is 16.3. The van der Waals surface area contributed by atoms with Gasteiger partial charge in [-0.3, -0.25) is 5.10 Å². The summed E-state index contributed by atoms with van der Waals surface area (Å²) in [5, 5.41) is 16.8. The van der Waals surface area contributed by atoms with E-state index in [0.717, 1.165) is 16.8 Å². The van der Waals surface area contributed by atoms with Gasteiger partial charge in [-0.05, 0) is 18.5 Å². The Morgan fingerprint density at radius 3 is 2.75 bits per heavy atom. The van der Waals surface area contributed by atoms with Gasteiger partial charge < -0.3 is 10.8 Å². The fourth-order valence-electron chi connectivity index (χ4n) is 1.70. The molecule has 0 unspecified atom stereocenters. The van der Waals surface area contributed by atoms with Crippen LogP contribution >= 0.6 is 0 Å². The Morgan fingerprint density at radius 1 is 1.31 bits per heavy atom. The minimum atomic E-state index is -0.557. The zero-order chi connectivity index (χ0) is 11.4. The van der Waals surface area contributed by atoms with Gasteiger partial charge in [0, 0.05) is 5.56 Å². The molecule has 2 rings (SSSR count). The molecule has 0 saturated heterocycles. The first-order chi connectivity index (χ1) is 7.83. The van der Waals surface area contributed by atoms with Crippen molar-refractivity contribution >= 4 is 0 Å². The Balaban J connectivity index is 2.33. The fraction of sp³-hybridized carbons (Fsp3) is 0.250. The second kappa shape index (κ2) is 4.92. The Morgan fingerprint density at radius 2 is 2.06 bits per heavy atom. The Kier molecular flexibility index (Phi) is 3.34. The SMILES string of the molecule is NCC[C@H](O)c1cn[nH]c1-c1ccccc1. The number of hydrogen-bond donors (Lipinski definition) is 3. The Bertz CT molecular complexity index is 439. The summed E-state index contributed by atoms with van der Waals surface area (Å²) in [4.78, 5) is 0. The molecule has 0 aliphatic heterocycles. The van der Waals surface area contributed by atoms with Gasteiger partial charge >= 0.3 is 0 Å². The lowest BCUT2D eigenvalue weighted by Gasteiger charge is -2.09. The van der Waals surface area contributed by atoms with Crippen LogP contribution in [0.3, 0.4) is 0 Å². The maximum Gasteiger partial charge on any atom is 0.0838 e.